The first-order chi connectivity index (χ1) is 8.91. The van der Waals surface area contributed by atoms with E-state index in [0.29, 0.717) is 5.02 Å². The van der Waals surface area contributed by atoms with Crippen molar-refractivity contribution >= 4 is 40.5 Å². The maximum Gasteiger partial charge on any atom is 0.332 e. The molecule has 0 saturated carbocycles. The predicted octanol–water partition coefficient (Wildman–Crippen LogP) is 3.91. The van der Waals surface area contributed by atoms with E-state index in [2.05, 4.69) is 4.98 Å². The molecule has 1 aromatic heterocycles. The summed E-state index contributed by atoms with van der Waals surface area (Å²) in [6.07, 6.45) is 2.31. The van der Waals surface area contributed by atoms with Crippen LogP contribution in [0.25, 0.3) is 11.1 Å². The van der Waals surface area contributed by atoms with Crippen molar-refractivity contribution < 1.29 is 4.92 Å². The number of pyridine rings is 1. The molecule has 1 N–H and O–H groups in total. The van der Waals surface area contributed by atoms with Crippen LogP contribution in [0.4, 0.5) is 5.69 Å². The van der Waals surface area contributed by atoms with Gasteiger partial charge in [0.25, 0.3) is 5.43 Å². The van der Waals surface area contributed by atoms with Crippen molar-refractivity contribution in [3.05, 3.63) is 59.9 Å². The molecule has 2 aromatic rings. The Balaban J connectivity index is 2.77. The van der Waals surface area contributed by atoms with Crippen LogP contribution in [0.3, 0.4) is 0 Å². The van der Waals surface area contributed by atoms with Crippen molar-refractivity contribution in [2.45, 2.75) is 0 Å². The van der Waals surface area contributed by atoms with Crippen LogP contribution in [-0.2, 0) is 0 Å². The molecule has 0 amide bonds. The summed E-state index contributed by atoms with van der Waals surface area (Å²) in [6.45, 7) is 0. The smallest absolute Gasteiger partial charge is 0.332 e. The minimum Gasteiger partial charge on any atom is -0.361 e. The highest BCUT2D eigenvalue weighted by Gasteiger charge is 2.20. The lowest BCUT2D eigenvalue weighted by molar-refractivity contribution is -0.386. The van der Waals surface area contributed by atoms with Crippen LogP contribution in [0, 0.1) is 10.1 Å². The molecule has 0 spiro atoms. The number of benzene rings is 1. The van der Waals surface area contributed by atoms with E-state index in [4.69, 9.17) is 34.8 Å². The lowest BCUT2D eigenvalue weighted by Crippen LogP contribution is -2.11. The largest absolute Gasteiger partial charge is 0.361 e. The van der Waals surface area contributed by atoms with Crippen molar-refractivity contribution in [1.29, 1.82) is 0 Å². The molecule has 0 aliphatic carbocycles. The van der Waals surface area contributed by atoms with Crippen LogP contribution in [0.5, 0.6) is 0 Å². The van der Waals surface area contributed by atoms with Gasteiger partial charge >= 0.3 is 5.69 Å². The molecule has 2 rings (SSSR count). The molecular formula is C11H5Cl3N2O3. The number of halogens is 3. The van der Waals surface area contributed by atoms with Crippen molar-refractivity contribution in [1.82, 2.24) is 4.98 Å². The number of nitrogens with one attached hydrogen (secondary N) is 1. The Kier molecular flexibility index (Phi) is 3.80. The predicted molar refractivity (Wildman–Crippen MR) is 74.2 cm³/mol. The number of hydrogen-bond acceptors (Lipinski definition) is 3. The number of aromatic nitrogens is 1. The lowest BCUT2D eigenvalue weighted by Gasteiger charge is -2.07. The van der Waals surface area contributed by atoms with Crippen LogP contribution in [0.2, 0.25) is 15.1 Å². The average molecular weight is 320 g/mol. The number of hydrogen-bond donors (Lipinski definition) is 1. The van der Waals surface area contributed by atoms with Crippen molar-refractivity contribution in [3.8, 4) is 11.1 Å². The number of H-pyrrole nitrogens is 1. The highest BCUT2D eigenvalue weighted by atomic mass is 35.5. The first kappa shape index (κ1) is 13.9. The molecule has 0 radical (unpaired) electrons. The Morgan fingerprint density at radius 2 is 1.68 bits per heavy atom. The molecule has 19 heavy (non-hydrogen) atoms. The molecular weight excluding hydrogens is 314 g/mol. The van der Waals surface area contributed by atoms with Gasteiger partial charge < -0.3 is 4.98 Å². The molecule has 0 unspecified atom stereocenters. The van der Waals surface area contributed by atoms with Crippen LogP contribution in [-0.4, -0.2) is 9.91 Å². The molecule has 0 saturated heterocycles. The minimum atomic E-state index is -0.778. The van der Waals surface area contributed by atoms with E-state index >= 15 is 0 Å². The zero-order valence-electron chi connectivity index (χ0n) is 9.12. The quantitative estimate of drug-likeness (QED) is 0.673. The number of nitro groups is 1. The standard InChI is InChI=1S/C11H5Cl3N2O3/c12-5-1-7(13)10(8(14)2-5)6-3-15-4-9(11(6)17)16(18)19/h1-4H,(H,15,17). The first-order valence-corrected chi connectivity index (χ1v) is 6.05. The summed E-state index contributed by atoms with van der Waals surface area (Å²) in [5, 5.41) is 11.3. The van der Waals surface area contributed by atoms with Gasteiger partial charge in [-0.15, -0.1) is 0 Å². The van der Waals surface area contributed by atoms with Crippen LogP contribution >= 0.6 is 34.8 Å². The molecule has 5 nitrogen and oxygen atoms in total. The Morgan fingerprint density at radius 1 is 1.11 bits per heavy atom. The zero-order valence-corrected chi connectivity index (χ0v) is 11.4. The van der Waals surface area contributed by atoms with Crippen molar-refractivity contribution in [3.63, 3.8) is 0 Å². The average Bonchev–Trinajstić information content (AvgIpc) is 2.29. The van der Waals surface area contributed by atoms with E-state index in [-0.39, 0.29) is 21.2 Å². The Bertz CT molecular complexity index is 704. The topological polar surface area (TPSA) is 76.0 Å². The van der Waals surface area contributed by atoms with E-state index in [0.717, 1.165) is 6.20 Å². The van der Waals surface area contributed by atoms with Gasteiger partial charge in [-0.1, -0.05) is 34.8 Å². The van der Waals surface area contributed by atoms with Crippen molar-refractivity contribution in [2.75, 3.05) is 0 Å². The molecule has 0 aliphatic heterocycles. The highest BCUT2D eigenvalue weighted by molar-refractivity contribution is 6.41. The molecule has 0 aliphatic rings. The first-order valence-electron chi connectivity index (χ1n) is 4.92. The molecule has 8 heteroatoms. The van der Waals surface area contributed by atoms with E-state index < -0.39 is 16.0 Å². The Morgan fingerprint density at radius 3 is 2.21 bits per heavy atom. The van der Waals surface area contributed by atoms with Crippen LogP contribution in [0.1, 0.15) is 0 Å². The molecule has 1 aromatic carbocycles. The molecule has 0 bridgehead atoms. The fourth-order valence-corrected chi connectivity index (χ4v) is 2.61. The van der Waals surface area contributed by atoms with E-state index in [9.17, 15) is 14.9 Å². The fraction of sp³-hybridized carbons (Fsp3) is 0. The van der Waals surface area contributed by atoms with Crippen LogP contribution in [0.15, 0.2) is 29.3 Å². The molecule has 1 heterocycles. The van der Waals surface area contributed by atoms with Gasteiger partial charge in [0.05, 0.1) is 26.7 Å². The third kappa shape index (κ3) is 2.58. The second-order valence-corrected chi connectivity index (χ2v) is 4.84. The minimum absolute atomic E-state index is 0.0147. The third-order valence-electron chi connectivity index (χ3n) is 2.40. The number of rotatable bonds is 2. The van der Waals surface area contributed by atoms with Gasteiger partial charge in [0.2, 0.25) is 0 Å². The second-order valence-electron chi connectivity index (χ2n) is 3.58. The number of nitrogens with zero attached hydrogens (tertiary/aromatic N) is 1. The highest BCUT2D eigenvalue weighted by Crippen LogP contribution is 2.35. The monoisotopic (exact) mass is 318 g/mol. The normalized spacial score (nSPS) is 10.5. The van der Waals surface area contributed by atoms with Gasteiger partial charge in [-0.05, 0) is 12.1 Å². The summed E-state index contributed by atoms with van der Waals surface area (Å²) in [5.74, 6) is 0. The maximum atomic E-state index is 12.0. The van der Waals surface area contributed by atoms with E-state index in [1.807, 2.05) is 0 Å². The summed E-state index contributed by atoms with van der Waals surface area (Å²) in [7, 11) is 0. The summed E-state index contributed by atoms with van der Waals surface area (Å²) < 4.78 is 0. The van der Waals surface area contributed by atoms with Gasteiger partial charge in [0.1, 0.15) is 0 Å². The van der Waals surface area contributed by atoms with E-state index in [1.54, 1.807) is 0 Å². The summed E-state index contributed by atoms with van der Waals surface area (Å²) in [5.41, 5.74) is -1.13. The molecule has 0 fully saturated rings. The third-order valence-corrected chi connectivity index (χ3v) is 3.21. The summed E-state index contributed by atoms with van der Waals surface area (Å²) >= 11 is 17.7. The van der Waals surface area contributed by atoms with Gasteiger partial charge in [-0.2, -0.15) is 0 Å². The second kappa shape index (κ2) is 5.21. The van der Waals surface area contributed by atoms with Gasteiger partial charge in [0.15, 0.2) is 0 Å². The fourth-order valence-electron chi connectivity index (χ4n) is 1.59. The molecule has 98 valence electrons. The van der Waals surface area contributed by atoms with Crippen molar-refractivity contribution in [2.24, 2.45) is 0 Å². The zero-order chi connectivity index (χ0) is 14.2. The molecule has 0 atom stereocenters. The SMILES string of the molecule is O=c1c(-c2c(Cl)cc(Cl)cc2Cl)c[nH]cc1[N+](=O)[O-]. The summed E-state index contributed by atoms with van der Waals surface area (Å²) in [6, 6.07) is 2.81. The Hall–Kier alpha value is -1.56. The van der Waals surface area contributed by atoms with Crippen LogP contribution < -0.4 is 5.43 Å². The van der Waals surface area contributed by atoms with Gasteiger partial charge in [-0.25, -0.2) is 0 Å². The lowest BCUT2D eigenvalue weighted by atomic mass is 10.1. The number of aromatic amines is 1. The maximum absolute atomic E-state index is 12.0. The van der Waals surface area contributed by atoms with Gasteiger partial charge in [-0.3, -0.25) is 14.9 Å². The summed E-state index contributed by atoms with van der Waals surface area (Å²) in [4.78, 5) is 24.5. The van der Waals surface area contributed by atoms with E-state index in [1.165, 1.54) is 18.3 Å². The van der Waals surface area contributed by atoms with Gasteiger partial charge in [0, 0.05) is 16.8 Å². The Labute approximate surface area is 121 Å².